The molecule has 0 aromatic heterocycles. The predicted molar refractivity (Wildman–Crippen MR) is 44.3 cm³/mol. The lowest BCUT2D eigenvalue weighted by Gasteiger charge is -2.37. The molecule has 1 heterocycles. The molecular formula is C8H14N2O. The molecule has 1 atom stereocenters. The zero-order valence-electron chi connectivity index (χ0n) is 6.98. The van der Waals surface area contributed by atoms with Gasteiger partial charge in [0.1, 0.15) is 0 Å². The molecule has 2 amide bonds. The summed E-state index contributed by atoms with van der Waals surface area (Å²) in [7, 11) is 0. The maximum absolute atomic E-state index is 10.9. The van der Waals surface area contributed by atoms with Crippen molar-refractivity contribution in [2.75, 3.05) is 6.54 Å². The first kappa shape index (κ1) is 8.11. The summed E-state index contributed by atoms with van der Waals surface area (Å²) in [5.41, 5.74) is 0.0651. The van der Waals surface area contributed by atoms with Crippen molar-refractivity contribution in [3.05, 3.63) is 12.7 Å². The number of carbonyl (C=O) groups excluding carboxylic acids is 1. The van der Waals surface area contributed by atoms with Crippen molar-refractivity contribution in [1.82, 2.24) is 10.6 Å². The van der Waals surface area contributed by atoms with E-state index in [1.165, 1.54) is 0 Å². The van der Waals surface area contributed by atoms with Crippen LogP contribution in [0.4, 0.5) is 4.79 Å². The normalized spacial score (nSPS) is 28.5. The molecule has 0 aromatic carbocycles. The number of hydrogen-bond donors (Lipinski definition) is 2. The van der Waals surface area contributed by atoms with Gasteiger partial charge in [-0.3, -0.25) is 0 Å². The maximum Gasteiger partial charge on any atom is 0.315 e. The summed E-state index contributed by atoms with van der Waals surface area (Å²) in [6.45, 7) is 8.55. The van der Waals surface area contributed by atoms with Crippen LogP contribution in [0.5, 0.6) is 0 Å². The fourth-order valence-corrected chi connectivity index (χ4v) is 1.18. The fraction of sp³-hybridized carbons (Fsp3) is 0.625. The van der Waals surface area contributed by atoms with Crippen molar-refractivity contribution in [3.63, 3.8) is 0 Å². The van der Waals surface area contributed by atoms with Gasteiger partial charge in [-0.1, -0.05) is 19.9 Å². The van der Waals surface area contributed by atoms with Crippen LogP contribution in [0, 0.1) is 5.41 Å². The molecule has 2 N–H and O–H groups in total. The third-order valence-corrected chi connectivity index (χ3v) is 2.07. The van der Waals surface area contributed by atoms with Gasteiger partial charge in [-0.15, -0.1) is 6.58 Å². The second kappa shape index (κ2) is 2.57. The van der Waals surface area contributed by atoms with Crippen molar-refractivity contribution in [3.8, 4) is 0 Å². The Kier molecular flexibility index (Phi) is 1.89. The quantitative estimate of drug-likeness (QED) is 0.541. The summed E-state index contributed by atoms with van der Waals surface area (Å²) < 4.78 is 0. The van der Waals surface area contributed by atoms with Gasteiger partial charge >= 0.3 is 6.03 Å². The molecule has 1 saturated heterocycles. The van der Waals surface area contributed by atoms with E-state index >= 15 is 0 Å². The topological polar surface area (TPSA) is 41.1 Å². The van der Waals surface area contributed by atoms with Gasteiger partial charge in [0.25, 0.3) is 0 Å². The Morgan fingerprint density at radius 2 is 2.36 bits per heavy atom. The molecule has 0 aromatic rings. The predicted octanol–water partition coefficient (Wildman–Crippen LogP) is 0.880. The van der Waals surface area contributed by atoms with E-state index in [1.54, 1.807) is 6.08 Å². The van der Waals surface area contributed by atoms with Gasteiger partial charge in [-0.2, -0.15) is 0 Å². The molecule has 3 heteroatoms. The summed E-state index contributed by atoms with van der Waals surface area (Å²) in [6.07, 6.45) is 1.78. The molecule has 0 spiro atoms. The molecule has 0 saturated carbocycles. The zero-order chi connectivity index (χ0) is 8.48. The van der Waals surface area contributed by atoms with Gasteiger partial charge in [0, 0.05) is 12.0 Å². The van der Waals surface area contributed by atoms with Gasteiger partial charge in [-0.05, 0) is 0 Å². The maximum atomic E-state index is 10.9. The Bertz CT molecular complexity index is 187. The van der Waals surface area contributed by atoms with E-state index < -0.39 is 0 Å². The summed E-state index contributed by atoms with van der Waals surface area (Å²) in [5, 5.41) is 5.53. The zero-order valence-corrected chi connectivity index (χ0v) is 6.98. The Labute approximate surface area is 66.9 Å². The highest BCUT2D eigenvalue weighted by Gasteiger charge is 2.32. The second-order valence-corrected chi connectivity index (χ2v) is 3.53. The lowest BCUT2D eigenvalue weighted by Crippen LogP contribution is -2.58. The molecule has 1 unspecified atom stereocenters. The standard InChI is InChI=1S/C8H14N2O/c1-4-6-8(2,3)5-9-7(11)10-6/h4,6H,1,5H2,2-3H3,(H2,9,10,11). The number of carbonyl (C=O) groups is 1. The largest absolute Gasteiger partial charge is 0.338 e. The van der Waals surface area contributed by atoms with Crippen molar-refractivity contribution >= 4 is 6.03 Å². The molecule has 1 rings (SSSR count). The number of hydrogen-bond acceptors (Lipinski definition) is 1. The molecule has 0 radical (unpaired) electrons. The number of nitrogens with one attached hydrogen (secondary N) is 2. The van der Waals surface area contributed by atoms with Crippen molar-refractivity contribution in [2.24, 2.45) is 5.41 Å². The second-order valence-electron chi connectivity index (χ2n) is 3.53. The van der Waals surface area contributed by atoms with E-state index in [2.05, 4.69) is 31.1 Å². The third kappa shape index (κ3) is 1.53. The van der Waals surface area contributed by atoms with Crippen molar-refractivity contribution in [2.45, 2.75) is 19.9 Å². The molecule has 0 bridgehead atoms. The Hall–Kier alpha value is -0.990. The average molecular weight is 154 g/mol. The number of urea groups is 1. The van der Waals surface area contributed by atoms with Crippen LogP contribution in [0.1, 0.15) is 13.8 Å². The smallest absolute Gasteiger partial charge is 0.315 e. The minimum absolute atomic E-state index is 0.0651. The summed E-state index contributed by atoms with van der Waals surface area (Å²) in [4.78, 5) is 10.9. The third-order valence-electron chi connectivity index (χ3n) is 2.07. The first-order valence-electron chi connectivity index (χ1n) is 3.73. The van der Waals surface area contributed by atoms with Gasteiger partial charge in [0.05, 0.1) is 6.04 Å². The van der Waals surface area contributed by atoms with Crippen LogP contribution in [0.3, 0.4) is 0 Å². The van der Waals surface area contributed by atoms with E-state index in [-0.39, 0.29) is 17.5 Å². The average Bonchev–Trinajstić information content (AvgIpc) is 1.94. The summed E-state index contributed by atoms with van der Waals surface area (Å²) in [5.74, 6) is 0. The first-order valence-corrected chi connectivity index (χ1v) is 3.73. The molecule has 1 fully saturated rings. The van der Waals surface area contributed by atoms with E-state index in [4.69, 9.17) is 0 Å². The van der Waals surface area contributed by atoms with Gasteiger partial charge in [-0.25, -0.2) is 4.79 Å². The Balaban J connectivity index is 2.70. The van der Waals surface area contributed by atoms with Crippen molar-refractivity contribution < 1.29 is 4.79 Å². The molecule has 1 aliphatic heterocycles. The molecule has 62 valence electrons. The van der Waals surface area contributed by atoms with Crippen LogP contribution in [0.25, 0.3) is 0 Å². The number of amides is 2. The van der Waals surface area contributed by atoms with Gasteiger partial charge in [0.2, 0.25) is 0 Å². The first-order chi connectivity index (χ1) is 5.06. The highest BCUT2D eigenvalue weighted by Crippen LogP contribution is 2.22. The summed E-state index contributed by atoms with van der Waals surface area (Å²) >= 11 is 0. The van der Waals surface area contributed by atoms with Crippen LogP contribution in [-0.4, -0.2) is 18.6 Å². The van der Waals surface area contributed by atoms with E-state index in [9.17, 15) is 4.79 Å². The van der Waals surface area contributed by atoms with Gasteiger partial charge < -0.3 is 10.6 Å². The molecule has 0 aliphatic carbocycles. The molecule has 3 nitrogen and oxygen atoms in total. The Morgan fingerprint density at radius 3 is 2.82 bits per heavy atom. The van der Waals surface area contributed by atoms with Crippen LogP contribution >= 0.6 is 0 Å². The van der Waals surface area contributed by atoms with Gasteiger partial charge in [0.15, 0.2) is 0 Å². The minimum atomic E-state index is -0.103. The van der Waals surface area contributed by atoms with E-state index in [0.29, 0.717) is 6.54 Å². The highest BCUT2D eigenvalue weighted by atomic mass is 16.2. The monoisotopic (exact) mass is 154 g/mol. The lowest BCUT2D eigenvalue weighted by molar-refractivity contribution is 0.195. The van der Waals surface area contributed by atoms with E-state index in [0.717, 1.165) is 0 Å². The van der Waals surface area contributed by atoms with Crippen molar-refractivity contribution in [1.29, 1.82) is 0 Å². The molecule has 11 heavy (non-hydrogen) atoms. The van der Waals surface area contributed by atoms with Crippen LogP contribution in [-0.2, 0) is 0 Å². The summed E-state index contributed by atoms with van der Waals surface area (Å²) in [6, 6.07) is -0.0227. The van der Waals surface area contributed by atoms with Crippen LogP contribution in [0.15, 0.2) is 12.7 Å². The molecule has 1 aliphatic rings. The highest BCUT2D eigenvalue weighted by molar-refractivity contribution is 5.75. The number of rotatable bonds is 1. The van der Waals surface area contributed by atoms with Crippen LogP contribution in [0.2, 0.25) is 0 Å². The minimum Gasteiger partial charge on any atom is -0.338 e. The lowest BCUT2D eigenvalue weighted by atomic mass is 9.83. The van der Waals surface area contributed by atoms with Crippen LogP contribution < -0.4 is 10.6 Å². The Morgan fingerprint density at radius 1 is 1.73 bits per heavy atom. The van der Waals surface area contributed by atoms with E-state index in [1.807, 2.05) is 0 Å². The SMILES string of the molecule is C=CC1NC(=O)NCC1(C)C. The fourth-order valence-electron chi connectivity index (χ4n) is 1.18. The molecular weight excluding hydrogens is 140 g/mol.